The molecule has 1 amide bonds. The lowest BCUT2D eigenvalue weighted by atomic mass is 9.94. The van der Waals surface area contributed by atoms with Gasteiger partial charge in [-0.2, -0.15) is 0 Å². The second-order valence-electron chi connectivity index (χ2n) is 7.99. The highest BCUT2D eigenvalue weighted by Crippen LogP contribution is 2.43. The summed E-state index contributed by atoms with van der Waals surface area (Å²) in [6.45, 7) is 13.3. The van der Waals surface area contributed by atoms with Gasteiger partial charge in [0.25, 0.3) is 5.91 Å². The summed E-state index contributed by atoms with van der Waals surface area (Å²) in [5, 5.41) is 11.7. The third-order valence-corrected chi connectivity index (χ3v) is 7.01. The first-order valence-corrected chi connectivity index (χ1v) is 12.3. The van der Waals surface area contributed by atoms with Gasteiger partial charge in [-0.3, -0.25) is 9.59 Å². The van der Waals surface area contributed by atoms with Crippen LogP contribution < -0.4 is 4.74 Å². The van der Waals surface area contributed by atoms with Gasteiger partial charge in [0.2, 0.25) is 5.78 Å². The second-order valence-corrected chi connectivity index (χ2v) is 9.19. The van der Waals surface area contributed by atoms with Crippen molar-refractivity contribution in [2.75, 3.05) is 32.8 Å². The van der Waals surface area contributed by atoms with Crippen molar-refractivity contribution < 1.29 is 19.4 Å². The van der Waals surface area contributed by atoms with Gasteiger partial charge < -0.3 is 19.6 Å². The number of Topliss-reactive ketones (excluding diaryl/α,β-unsaturated/α-hetero) is 1. The minimum Gasteiger partial charge on any atom is -0.503 e. The van der Waals surface area contributed by atoms with Crippen LogP contribution in [0.5, 0.6) is 5.75 Å². The maximum atomic E-state index is 13.6. The van der Waals surface area contributed by atoms with E-state index in [0.29, 0.717) is 35.0 Å². The first-order valence-electron chi connectivity index (χ1n) is 11.5. The molecule has 0 saturated carbocycles. The third-order valence-electron chi connectivity index (χ3n) is 5.94. The molecule has 1 unspecified atom stereocenters. The summed E-state index contributed by atoms with van der Waals surface area (Å²) in [7, 11) is 0. The van der Waals surface area contributed by atoms with Crippen LogP contribution in [0.2, 0.25) is 0 Å². The van der Waals surface area contributed by atoms with Crippen molar-refractivity contribution in [2.24, 2.45) is 0 Å². The van der Waals surface area contributed by atoms with Crippen LogP contribution in [0.25, 0.3) is 0 Å². The van der Waals surface area contributed by atoms with Crippen LogP contribution >= 0.6 is 11.3 Å². The molecule has 1 aliphatic rings. The average Bonchev–Trinajstić information content (AvgIpc) is 3.27. The number of carbonyl (C=O) groups is 2. The predicted octanol–water partition coefficient (Wildman–Crippen LogP) is 4.47. The van der Waals surface area contributed by atoms with E-state index in [9.17, 15) is 14.7 Å². The zero-order chi connectivity index (χ0) is 24.1. The Balaban J connectivity index is 2.04. The summed E-state index contributed by atoms with van der Waals surface area (Å²) in [6.07, 6.45) is 0.730. The first kappa shape index (κ1) is 24.9. The normalized spacial score (nSPS) is 16.2. The molecule has 0 fully saturated rings. The number of para-hydroxylation sites is 1. The van der Waals surface area contributed by atoms with Crippen molar-refractivity contribution in [2.45, 2.75) is 47.1 Å². The van der Waals surface area contributed by atoms with Gasteiger partial charge in [-0.05, 0) is 52.9 Å². The molecule has 2 aromatic rings. The lowest BCUT2D eigenvalue weighted by Crippen LogP contribution is -2.34. The number of aliphatic hydroxyl groups is 1. The first-order chi connectivity index (χ1) is 15.8. The lowest BCUT2D eigenvalue weighted by Gasteiger charge is -2.29. The third kappa shape index (κ3) is 5.12. The van der Waals surface area contributed by atoms with E-state index in [4.69, 9.17) is 4.74 Å². The molecule has 33 heavy (non-hydrogen) atoms. The molecular weight excluding hydrogens is 438 g/mol. The number of aryl methyl sites for hydroxylation is 2. The van der Waals surface area contributed by atoms with E-state index in [1.165, 1.54) is 11.3 Å². The number of aliphatic hydroxyl groups excluding tert-OH is 1. The highest BCUT2D eigenvalue weighted by Gasteiger charge is 2.45. The van der Waals surface area contributed by atoms with E-state index >= 15 is 0 Å². The van der Waals surface area contributed by atoms with E-state index in [-0.39, 0.29) is 11.4 Å². The van der Waals surface area contributed by atoms with Crippen LogP contribution in [0, 0.1) is 13.8 Å². The number of carbonyl (C=O) groups excluding carboxylic acids is 2. The Morgan fingerprint density at radius 2 is 1.91 bits per heavy atom. The molecule has 1 aromatic carbocycles. The Hall–Kier alpha value is -2.71. The van der Waals surface area contributed by atoms with Gasteiger partial charge in [0, 0.05) is 12.1 Å². The van der Waals surface area contributed by atoms with Crippen molar-refractivity contribution in [3.8, 4) is 5.75 Å². The van der Waals surface area contributed by atoms with Gasteiger partial charge in [0.05, 0.1) is 33.8 Å². The molecular formula is C25H33N3O4S. The standard InChI is InChI=1S/C25H33N3O4S/c1-6-27(7-2)14-11-15-28-21(18-12-9-10-13-19(18)32-8-3)20(23(30)25(28)31)22(29)24-16(4)26-17(5)33-24/h9-10,12-13,21,30H,6-8,11,14-15H2,1-5H3. The Labute approximate surface area is 199 Å². The fraction of sp³-hybridized carbons (Fsp3) is 0.480. The van der Waals surface area contributed by atoms with E-state index < -0.39 is 17.7 Å². The van der Waals surface area contributed by atoms with Crippen LogP contribution in [-0.4, -0.2) is 64.4 Å². The number of ether oxygens (including phenoxy) is 1. The molecule has 0 aliphatic carbocycles. The molecule has 8 heteroatoms. The Kier molecular flexibility index (Phi) is 8.26. The number of amides is 1. The fourth-order valence-corrected chi connectivity index (χ4v) is 5.18. The molecule has 0 spiro atoms. The minimum absolute atomic E-state index is 0.0988. The number of rotatable bonds is 11. The highest BCUT2D eigenvalue weighted by atomic mass is 32.1. The van der Waals surface area contributed by atoms with Crippen LogP contribution in [-0.2, 0) is 4.79 Å². The molecule has 1 N–H and O–H groups in total. The zero-order valence-electron chi connectivity index (χ0n) is 20.1. The molecule has 0 saturated heterocycles. The Morgan fingerprint density at radius 3 is 2.52 bits per heavy atom. The van der Waals surface area contributed by atoms with Gasteiger partial charge >= 0.3 is 0 Å². The molecule has 0 bridgehead atoms. The van der Waals surface area contributed by atoms with Gasteiger partial charge in [-0.15, -0.1) is 11.3 Å². The summed E-state index contributed by atoms with van der Waals surface area (Å²) in [5.41, 5.74) is 1.40. The summed E-state index contributed by atoms with van der Waals surface area (Å²) < 4.78 is 5.84. The maximum absolute atomic E-state index is 13.6. The minimum atomic E-state index is -0.716. The molecule has 178 valence electrons. The molecule has 1 aliphatic heterocycles. The fourth-order valence-electron chi connectivity index (χ4n) is 4.30. The summed E-state index contributed by atoms with van der Waals surface area (Å²) >= 11 is 1.28. The van der Waals surface area contributed by atoms with Gasteiger partial charge in [-0.25, -0.2) is 4.98 Å². The van der Waals surface area contributed by atoms with Crippen molar-refractivity contribution >= 4 is 23.0 Å². The predicted molar refractivity (Wildman–Crippen MR) is 130 cm³/mol. The van der Waals surface area contributed by atoms with E-state index in [0.717, 1.165) is 31.1 Å². The smallest absolute Gasteiger partial charge is 0.290 e. The topological polar surface area (TPSA) is 83.0 Å². The SMILES string of the molecule is CCOc1ccccc1C1C(C(=O)c2sc(C)nc2C)=C(O)C(=O)N1CCCN(CC)CC. The van der Waals surface area contributed by atoms with Crippen LogP contribution in [0.1, 0.15) is 59.2 Å². The molecule has 3 rings (SSSR count). The van der Waals surface area contributed by atoms with Gasteiger partial charge in [-0.1, -0.05) is 32.0 Å². The number of benzene rings is 1. The largest absolute Gasteiger partial charge is 0.503 e. The number of thiazole rings is 1. The highest BCUT2D eigenvalue weighted by molar-refractivity contribution is 7.14. The molecule has 1 atom stereocenters. The zero-order valence-corrected chi connectivity index (χ0v) is 20.9. The van der Waals surface area contributed by atoms with Gasteiger partial charge in [0.15, 0.2) is 5.76 Å². The van der Waals surface area contributed by atoms with E-state index in [2.05, 4.69) is 23.7 Å². The van der Waals surface area contributed by atoms with Crippen LogP contribution in [0.4, 0.5) is 0 Å². The summed E-state index contributed by atoms with van der Waals surface area (Å²) in [4.78, 5) is 35.5. The number of hydrogen-bond acceptors (Lipinski definition) is 7. The molecule has 1 aromatic heterocycles. The van der Waals surface area contributed by atoms with Gasteiger partial charge in [0.1, 0.15) is 5.75 Å². The lowest BCUT2D eigenvalue weighted by molar-refractivity contribution is -0.129. The van der Waals surface area contributed by atoms with Crippen molar-refractivity contribution in [3.05, 3.63) is 56.7 Å². The summed E-state index contributed by atoms with van der Waals surface area (Å²) in [6, 6.07) is 6.69. The monoisotopic (exact) mass is 471 g/mol. The van der Waals surface area contributed by atoms with E-state index in [1.54, 1.807) is 11.8 Å². The quantitative estimate of drug-likeness (QED) is 0.487. The number of hydrogen-bond donors (Lipinski definition) is 1. The average molecular weight is 472 g/mol. The maximum Gasteiger partial charge on any atom is 0.290 e. The van der Waals surface area contributed by atoms with Crippen molar-refractivity contribution in [1.82, 2.24) is 14.8 Å². The molecule has 7 nitrogen and oxygen atoms in total. The number of nitrogens with zero attached hydrogens (tertiary/aromatic N) is 3. The Bertz CT molecular complexity index is 1040. The second kappa shape index (κ2) is 10.9. The van der Waals surface area contributed by atoms with Crippen molar-refractivity contribution in [3.63, 3.8) is 0 Å². The molecule has 0 radical (unpaired) electrons. The van der Waals surface area contributed by atoms with Crippen molar-refractivity contribution in [1.29, 1.82) is 0 Å². The molecule has 2 heterocycles. The van der Waals surface area contributed by atoms with Crippen LogP contribution in [0.15, 0.2) is 35.6 Å². The van der Waals surface area contributed by atoms with Crippen LogP contribution in [0.3, 0.4) is 0 Å². The Morgan fingerprint density at radius 1 is 1.21 bits per heavy atom. The number of aromatic nitrogens is 1. The van der Waals surface area contributed by atoms with E-state index in [1.807, 2.05) is 38.1 Å². The summed E-state index contributed by atoms with van der Waals surface area (Å²) in [5.74, 6) is -0.757. The number of ketones is 1.